The van der Waals surface area contributed by atoms with E-state index >= 15 is 0 Å². The molecule has 0 fully saturated rings. The van der Waals surface area contributed by atoms with Crippen molar-refractivity contribution in [1.29, 1.82) is 0 Å². The number of hydrogen-bond acceptors (Lipinski definition) is 3. The molecule has 0 aliphatic carbocycles. The molecule has 0 N–H and O–H groups in total. The number of rotatable bonds is 4. The van der Waals surface area contributed by atoms with Gasteiger partial charge in [0.25, 0.3) is 0 Å². The van der Waals surface area contributed by atoms with Gasteiger partial charge in [0.15, 0.2) is 12.0 Å². The number of carbonyl (C=O) groups is 1. The normalized spacial score (nSPS) is 11.6. The average molecular weight is 236 g/mol. The highest BCUT2D eigenvalue weighted by Gasteiger charge is 2.15. The van der Waals surface area contributed by atoms with Gasteiger partial charge in [-0.2, -0.15) is 4.89 Å². The molecule has 0 saturated heterocycles. The molecule has 0 bridgehead atoms. The Morgan fingerprint density at radius 1 is 1.24 bits per heavy atom. The molecule has 0 spiro atoms. The molecular weight excluding hydrogens is 216 g/mol. The maximum Gasteiger partial charge on any atom is 0.176 e. The van der Waals surface area contributed by atoms with Gasteiger partial charge in [-0.15, -0.1) is 0 Å². The standard InChI is InChI=1S/C14H20O3/c1-10(2)11-6-7-12(9-15)13(8-11)16-17-14(3,4)5/h6-10H,1-5H3. The molecule has 0 amide bonds. The molecule has 94 valence electrons. The number of aldehydes is 1. The molecular formula is C14H20O3. The molecule has 1 aromatic rings. The Kier molecular flexibility index (Phi) is 4.29. The molecule has 0 heterocycles. The third kappa shape index (κ3) is 4.19. The van der Waals surface area contributed by atoms with Crippen molar-refractivity contribution in [1.82, 2.24) is 0 Å². The summed E-state index contributed by atoms with van der Waals surface area (Å²) in [5, 5.41) is 0. The first-order valence-electron chi connectivity index (χ1n) is 5.78. The monoisotopic (exact) mass is 236 g/mol. The first kappa shape index (κ1) is 13.7. The van der Waals surface area contributed by atoms with Crippen LogP contribution in [-0.4, -0.2) is 11.9 Å². The maximum absolute atomic E-state index is 10.9. The molecule has 0 radical (unpaired) electrons. The SMILES string of the molecule is CC(C)c1ccc(C=O)c(OOC(C)(C)C)c1. The molecule has 0 aliphatic heterocycles. The van der Waals surface area contributed by atoms with Crippen LogP contribution in [0.5, 0.6) is 5.75 Å². The van der Waals surface area contributed by atoms with Crippen LogP contribution < -0.4 is 4.89 Å². The highest BCUT2D eigenvalue weighted by atomic mass is 17.2. The van der Waals surface area contributed by atoms with Crippen molar-refractivity contribution in [2.75, 3.05) is 0 Å². The minimum Gasteiger partial charge on any atom is -0.336 e. The summed E-state index contributed by atoms with van der Waals surface area (Å²) in [5.74, 6) is 0.855. The maximum atomic E-state index is 10.9. The predicted octanol–water partition coefficient (Wildman–Crippen LogP) is 3.73. The first-order valence-corrected chi connectivity index (χ1v) is 5.78. The summed E-state index contributed by atoms with van der Waals surface area (Å²) in [6, 6.07) is 5.53. The fraction of sp³-hybridized carbons (Fsp3) is 0.500. The van der Waals surface area contributed by atoms with Gasteiger partial charge in [-0.05, 0) is 44.4 Å². The van der Waals surface area contributed by atoms with Crippen molar-refractivity contribution in [3.63, 3.8) is 0 Å². The predicted molar refractivity (Wildman–Crippen MR) is 67.4 cm³/mol. The molecule has 0 atom stereocenters. The van der Waals surface area contributed by atoms with Crippen molar-refractivity contribution < 1.29 is 14.6 Å². The van der Waals surface area contributed by atoms with Gasteiger partial charge in [-0.1, -0.05) is 19.9 Å². The summed E-state index contributed by atoms with van der Waals surface area (Å²) in [6.07, 6.45) is 0.769. The molecule has 17 heavy (non-hydrogen) atoms. The molecule has 0 aliphatic rings. The van der Waals surface area contributed by atoms with Gasteiger partial charge in [-0.25, -0.2) is 0 Å². The van der Waals surface area contributed by atoms with Crippen molar-refractivity contribution in [2.24, 2.45) is 0 Å². The summed E-state index contributed by atoms with van der Waals surface area (Å²) < 4.78 is 0. The van der Waals surface area contributed by atoms with Crippen LogP contribution in [0, 0.1) is 0 Å². The van der Waals surface area contributed by atoms with Gasteiger partial charge in [-0.3, -0.25) is 4.79 Å². The number of benzene rings is 1. The van der Waals surface area contributed by atoms with E-state index in [-0.39, 0.29) is 0 Å². The average Bonchev–Trinajstić information content (AvgIpc) is 2.24. The Morgan fingerprint density at radius 3 is 2.35 bits per heavy atom. The van der Waals surface area contributed by atoms with E-state index < -0.39 is 5.60 Å². The smallest absolute Gasteiger partial charge is 0.176 e. The van der Waals surface area contributed by atoms with Crippen LogP contribution in [-0.2, 0) is 4.89 Å². The molecule has 0 saturated carbocycles. The van der Waals surface area contributed by atoms with Gasteiger partial charge in [0.05, 0.1) is 5.56 Å². The minimum atomic E-state index is -0.409. The number of carbonyl (C=O) groups excluding carboxylic acids is 1. The van der Waals surface area contributed by atoms with Crippen LogP contribution in [0.4, 0.5) is 0 Å². The Bertz CT molecular complexity index is 389. The zero-order valence-electron chi connectivity index (χ0n) is 11.1. The van der Waals surface area contributed by atoms with Gasteiger partial charge in [0.1, 0.15) is 5.60 Å². The molecule has 0 aromatic heterocycles. The fourth-order valence-corrected chi connectivity index (χ4v) is 1.25. The second kappa shape index (κ2) is 5.32. The lowest BCUT2D eigenvalue weighted by Gasteiger charge is -2.19. The van der Waals surface area contributed by atoms with Crippen molar-refractivity contribution in [3.05, 3.63) is 29.3 Å². The highest BCUT2D eigenvalue weighted by Crippen LogP contribution is 2.25. The van der Waals surface area contributed by atoms with Crippen LogP contribution in [0.2, 0.25) is 0 Å². The largest absolute Gasteiger partial charge is 0.336 e. The molecule has 3 heteroatoms. The highest BCUT2D eigenvalue weighted by molar-refractivity contribution is 5.79. The lowest BCUT2D eigenvalue weighted by atomic mass is 10.0. The summed E-state index contributed by atoms with van der Waals surface area (Å²) in [5.41, 5.74) is 1.20. The van der Waals surface area contributed by atoms with Gasteiger partial charge < -0.3 is 4.89 Å². The quantitative estimate of drug-likeness (QED) is 0.454. The molecule has 3 nitrogen and oxygen atoms in total. The molecule has 0 unspecified atom stereocenters. The van der Waals surface area contributed by atoms with Crippen LogP contribution >= 0.6 is 0 Å². The third-order valence-corrected chi connectivity index (χ3v) is 2.21. The second-order valence-corrected chi connectivity index (χ2v) is 5.35. The van der Waals surface area contributed by atoms with Gasteiger partial charge in [0.2, 0.25) is 0 Å². The topological polar surface area (TPSA) is 35.5 Å². The van der Waals surface area contributed by atoms with Crippen LogP contribution in [0.1, 0.15) is 56.5 Å². The van der Waals surface area contributed by atoms with Crippen LogP contribution in [0.15, 0.2) is 18.2 Å². The van der Waals surface area contributed by atoms with Crippen molar-refractivity contribution in [2.45, 2.75) is 46.1 Å². The summed E-state index contributed by atoms with van der Waals surface area (Å²) >= 11 is 0. The van der Waals surface area contributed by atoms with E-state index in [4.69, 9.17) is 9.78 Å². The van der Waals surface area contributed by atoms with Crippen molar-refractivity contribution >= 4 is 6.29 Å². The fourth-order valence-electron chi connectivity index (χ4n) is 1.25. The molecule has 1 rings (SSSR count). The number of hydrogen-bond donors (Lipinski definition) is 0. The van der Waals surface area contributed by atoms with E-state index in [1.54, 1.807) is 6.07 Å². The van der Waals surface area contributed by atoms with E-state index in [1.165, 1.54) is 0 Å². The van der Waals surface area contributed by atoms with Gasteiger partial charge >= 0.3 is 0 Å². The Labute approximate surface area is 103 Å². The van der Waals surface area contributed by atoms with Gasteiger partial charge in [0, 0.05) is 0 Å². The van der Waals surface area contributed by atoms with E-state index in [1.807, 2.05) is 32.9 Å². The lowest BCUT2D eigenvalue weighted by Crippen LogP contribution is -2.21. The van der Waals surface area contributed by atoms with Crippen molar-refractivity contribution in [3.8, 4) is 5.75 Å². The zero-order chi connectivity index (χ0) is 13.1. The summed E-state index contributed by atoms with van der Waals surface area (Å²) in [4.78, 5) is 21.4. The third-order valence-electron chi connectivity index (χ3n) is 2.21. The minimum absolute atomic E-state index is 0.382. The second-order valence-electron chi connectivity index (χ2n) is 5.35. The summed E-state index contributed by atoms with van der Waals surface area (Å²) in [6.45, 7) is 9.84. The molecule has 1 aromatic carbocycles. The van der Waals surface area contributed by atoms with Crippen LogP contribution in [0.3, 0.4) is 0 Å². The van der Waals surface area contributed by atoms with E-state index in [9.17, 15) is 4.79 Å². The first-order chi connectivity index (χ1) is 7.83. The van der Waals surface area contributed by atoms with E-state index in [0.29, 0.717) is 17.2 Å². The zero-order valence-corrected chi connectivity index (χ0v) is 11.1. The Balaban J connectivity index is 2.94. The van der Waals surface area contributed by atoms with E-state index in [2.05, 4.69) is 13.8 Å². The van der Waals surface area contributed by atoms with Crippen LogP contribution in [0.25, 0.3) is 0 Å². The summed E-state index contributed by atoms with van der Waals surface area (Å²) in [7, 11) is 0. The Hall–Kier alpha value is -1.35. The Morgan fingerprint density at radius 2 is 1.88 bits per heavy atom. The van der Waals surface area contributed by atoms with E-state index in [0.717, 1.165) is 11.8 Å². The lowest BCUT2D eigenvalue weighted by molar-refractivity contribution is -0.274.